The molecule has 0 aliphatic heterocycles. The Morgan fingerprint density at radius 2 is 2.06 bits per heavy atom. The van der Waals surface area contributed by atoms with Crippen LogP contribution in [0.4, 0.5) is 13.2 Å². The summed E-state index contributed by atoms with van der Waals surface area (Å²) in [7, 11) is 1.70. The van der Waals surface area contributed by atoms with E-state index in [1.54, 1.807) is 25.2 Å². The van der Waals surface area contributed by atoms with Crippen molar-refractivity contribution < 1.29 is 18.3 Å². The van der Waals surface area contributed by atoms with E-state index in [0.29, 0.717) is 33.5 Å². The molecule has 1 heterocycles. The number of halogens is 3. The molecular formula is C12H12F3NOS. The molecule has 1 atom stereocenters. The number of rotatable bonds is 3. The molecule has 1 unspecified atom stereocenters. The maximum Gasteiger partial charge on any atom is 0.425 e. The van der Waals surface area contributed by atoms with Crippen LogP contribution in [0.5, 0.6) is 0 Å². The average Bonchev–Trinajstić information content (AvgIpc) is 2.71. The lowest BCUT2D eigenvalue weighted by atomic mass is 10.1. The van der Waals surface area contributed by atoms with Gasteiger partial charge >= 0.3 is 6.18 Å². The van der Waals surface area contributed by atoms with Crippen LogP contribution in [0.1, 0.15) is 16.5 Å². The minimum absolute atomic E-state index is 0.363. The summed E-state index contributed by atoms with van der Waals surface area (Å²) in [5.74, 6) is 0. The van der Waals surface area contributed by atoms with Crippen molar-refractivity contribution in [3.8, 4) is 0 Å². The molecule has 2 N–H and O–H groups in total. The number of aliphatic hydroxyl groups is 1. The van der Waals surface area contributed by atoms with E-state index in [-0.39, 0.29) is 0 Å². The second-order valence-corrected chi connectivity index (χ2v) is 5.06. The molecule has 18 heavy (non-hydrogen) atoms. The summed E-state index contributed by atoms with van der Waals surface area (Å²) in [6.07, 6.45) is -5.03. The molecule has 2 nitrogen and oxygen atoms in total. The lowest BCUT2D eigenvalue weighted by molar-refractivity contribution is -0.134. The average molecular weight is 275 g/mol. The molecule has 0 fully saturated rings. The Kier molecular flexibility index (Phi) is 3.61. The first-order valence-corrected chi connectivity index (χ1v) is 6.17. The van der Waals surface area contributed by atoms with E-state index < -0.39 is 17.2 Å². The molecule has 0 amide bonds. The molecule has 0 aliphatic rings. The van der Waals surface area contributed by atoms with Crippen molar-refractivity contribution in [2.45, 2.75) is 12.3 Å². The fraction of sp³-hybridized carbons (Fsp3) is 0.333. The molecule has 98 valence electrons. The van der Waals surface area contributed by atoms with Gasteiger partial charge in [-0.1, -0.05) is 6.07 Å². The molecule has 0 saturated heterocycles. The number of alkyl halides is 3. The smallest absolute Gasteiger partial charge is 0.387 e. The van der Waals surface area contributed by atoms with Crippen molar-refractivity contribution in [3.05, 3.63) is 34.7 Å². The number of thiophene rings is 1. The van der Waals surface area contributed by atoms with Gasteiger partial charge in [0.1, 0.15) is 4.88 Å². The van der Waals surface area contributed by atoms with Crippen LogP contribution < -0.4 is 5.32 Å². The Morgan fingerprint density at radius 1 is 1.33 bits per heavy atom. The zero-order valence-corrected chi connectivity index (χ0v) is 10.4. The van der Waals surface area contributed by atoms with Crippen molar-refractivity contribution in [2.24, 2.45) is 0 Å². The van der Waals surface area contributed by atoms with Gasteiger partial charge < -0.3 is 10.4 Å². The van der Waals surface area contributed by atoms with Gasteiger partial charge in [-0.2, -0.15) is 13.2 Å². The highest BCUT2D eigenvalue weighted by molar-refractivity contribution is 7.19. The van der Waals surface area contributed by atoms with E-state index in [0.717, 1.165) is 6.07 Å². The summed E-state index contributed by atoms with van der Waals surface area (Å²) in [5, 5.41) is 13.1. The highest BCUT2D eigenvalue weighted by Gasteiger charge is 2.32. The van der Waals surface area contributed by atoms with Gasteiger partial charge in [-0.15, -0.1) is 11.3 Å². The summed E-state index contributed by atoms with van der Waals surface area (Å²) in [4.78, 5) is -0.613. The Balaban J connectivity index is 2.40. The summed E-state index contributed by atoms with van der Waals surface area (Å²) >= 11 is 0.716. The number of benzene rings is 1. The zero-order chi connectivity index (χ0) is 13.3. The normalized spacial score (nSPS) is 14.1. The molecular weight excluding hydrogens is 263 g/mol. The first kappa shape index (κ1) is 13.3. The van der Waals surface area contributed by atoms with Gasteiger partial charge in [0, 0.05) is 11.2 Å². The SMILES string of the molecule is CNCC(O)c1ccc2sc(C(F)(F)F)cc2c1. The van der Waals surface area contributed by atoms with E-state index >= 15 is 0 Å². The van der Waals surface area contributed by atoms with Crippen molar-refractivity contribution in [3.63, 3.8) is 0 Å². The van der Waals surface area contributed by atoms with Crippen LogP contribution in [-0.4, -0.2) is 18.7 Å². The molecule has 2 aromatic rings. The second-order valence-electron chi connectivity index (χ2n) is 3.98. The molecule has 6 heteroatoms. The molecule has 0 radical (unpaired) electrons. The van der Waals surface area contributed by atoms with Crippen molar-refractivity contribution >= 4 is 21.4 Å². The van der Waals surface area contributed by atoms with Crippen LogP contribution in [0, 0.1) is 0 Å². The van der Waals surface area contributed by atoms with Gasteiger partial charge in [-0.05, 0) is 36.2 Å². The fourth-order valence-corrected chi connectivity index (χ4v) is 2.63. The number of hydrogen-bond donors (Lipinski definition) is 2. The summed E-state index contributed by atoms with van der Waals surface area (Å²) in [6.45, 7) is 0.363. The summed E-state index contributed by atoms with van der Waals surface area (Å²) in [5.41, 5.74) is 0.614. The quantitative estimate of drug-likeness (QED) is 0.901. The first-order valence-electron chi connectivity index (χ1n) is 5.35. The molecule has 1 aromatic carbocycles. The lowest BCUT2D eigenvalue weighted by Gasteiger charge is -2.09. The fourth-order valence-electron chi connectivity index (χ4n) is 1.72. The number of fused-ring (bicyclic) bond motifs is 1. The summed E-state index contributed by atoms with van der Waals surface area (Å²) in [6, 6.07) is 5.99. The largest absolute Gasteiger partial charge is 0.425 e. The van der Waals surface area contributed by atoms with Gasteiger partial charge in [0.15, 0.2) is 0 Å². The van der Waals surface area contributed by atoms with Crippen LogP contribution in [0.2, 0.25) is 0 Å². The predicted octanol–water partition coefficient (Wildman–Crippen LogP) is 3.17. The van der Waals surface area contributed by atoms with Gasteiger partial charge in [-0.3, -0.25) is 0 Å². The van der Waals surface area contributed by atoms with Gasteiger partial charge in [0.2, 0.25) is 0 Å². The summed E-state index contributed by atoms with van der Waals surface area (Å²) < 4.78 is 38.2. The Hall–Kier alpha value is -1.11. The first-order chi connectivity index (χ1) is 8.41. The molecule has 0 bridgehead atoms. The van der Waals surface area contributed by atoms with E-state index in [9.17, 15) is 18.3 Å². The van der Waals surface area contributed by atoms with E-state index in [1.807, 2.05) is 0 Å². The van der Waals surface area contributed by atoms with Crippen molar-refractivity contribution in [1.82, 2.24) is 5.32 Å². The van der Waals surface area contributed by atoms with Crippen LogP contribution in [0.15, 0.2) is 24.3 Å². The lowest BCUT2D eigenvalue weighted by Crippen LogP contribution is -2.16. The maximum atomic E-state index is 12.6. The predicted molar refractivity (Wildman–Crippen MR) is 65.7 cm³/mol. The Morgan fingerprint density at radius 3 is 2.67 bits per heavy atom. The molecule has 0 saturated carbocycles. The third-order valence-electron chi connectivity index (χ3n) is 2.60. The standard InChI is InChI=1S/C12H12F3NOS/c1-16-6-9(17)7-2-3-10-8(4-7)5-11(18-10)12(13,14)15/h2-5,9,16-17H,6H2,1H3. The highest BCUT2D eigenvalue weighted by atomic mass is 32.1. The molecule has 1 aromatic heterocycles. The Bertz CT molecular complexity index is 550. The van der Waals surface area contributed by atoms with Gasteiger partial charge in [0.05, 0.1) is 6.10 Å². The van der Waals surface area contributed by atoms with Gasteiger partial charge in [-0.25, -0.2) is 0 Å². The minimum atomic E-state index is -4.31. The Labute approximate surface area is 106 Å². The van der Waals surface area contributed by atoms with Crippen molar-refractivity contribution in [2.75, 3.05) is 13.6 Å². The van der Waals surface area contributed by atoms with Crippen LogP contribution in [-0.2, 0) is 6.18 Å². The molecule has 0 spiro atoms. The van der Waals surface area contributed by atoms with Crippen LogP contribution >= 0.6 is 11.3 Å². The van der Waals surface area contributed by atoms with Crippen LogP contribution in [0.3, 0.4) is 0 Å². The molecule has 0 aliphatic carbocycles. The number of hydrogen-bond acceptors (Lipinski definition) is 3. The molecule has 2 rings (SSSR count). The highest BCUT2D eigenvalue weighted by Crippen LogP contribution is 2.38. The number of likely N-dealkylation sites (N-methyl/N-ethyl adjacent to an activating group) is 1. The number of aliphatic hydroxyl groups excluding tert-OH is 1. The maximum absolute atomic E-state index is 12.6. The monoisotopic (exact) mass is 275 g/mol. The third kappa shape index (κ3) is 2.66. The minimum Gasteiger partial charge on any atom is -0.387 e. The van der Waals surface area contributed by atoms with Gasteiger partial charge in [0.25, 0.3) is 0 Å². The van der Waals surface area contributed by atoms with Crippen molar-refractivity contribution in [1.29, 1.82) is 0 Å². The topological polar surface area (TPSA) is 32.3 Å². The van der Waals surface area contributed by atoms with E-state index in [4.69, 9.17) is 0 Å². The third-order valence-corrected chi connectivity index (χ3v) is 3.76. The number of nitrogens with one attached hydrogen (secondary N) is 1. The van der Waals surface area contributed by atoms with E-state index in [1.165, 1.54) is 0 Å². The zero-order valence-electron chi connectivity index (χ0n) is 9.58. The second kappa shape index (κ2) is 4.87. The van der Waals surface area contributed by atoms with E-state index in [2.05, 4.69) is 5.32 Å². The van der Waals surface area contributed by atoms with Crippen LogP contribution in [0.25, 0.3) is 10.1 Å².